The predicted octanol–water partition coefficient (Wildman–Crippen LogP) is 5.76. The average molecular weight is 473 g/mol. The van der Waals surface area contributed by atoms with Crippen molar-refractivity contribution in [3.05, 3.63) is 102 Å². The van der Waals surface area contributed by atoms with Gasteiger partial charge in [-0.1, -0.05) is 92.5 Å². The first-order valence-corrected chi connectivity index (χ1v) is 9.52. The van der Waals surface area contributed by atoms with Crippen molar-refractivity contribution in [2.45, 2.75) is 3.23 Å². The van der Waals surface area contributed by atoms with E-state index in [1.807, 2.05) is 36.4 Å². The van der Waals surface area contributed by atoms with Gasteiger partial charge in [-0.15, -0.1) is 0 Å². The normalized spacial score (nSPS) is 11.0. The number of benzene rings is 3. The van der Waals surface area contributed by atoms with Crippen molar-refractivity contribution in [1.82, 2.24) is 0 Å². The van der Waals surface area contributed by atoms with Crippen LogP contribution in [0.15, 0.2) is 84.9 Å². The Morgan fingerprint density at radius 3 is 1.92 bits per heavy atom. The molecule has 0 saturated carbocycles. The van der Waals surface area contributed by atoms with Crippen molar-refractivity contribution < 1.29 is 9.59 Å². The van der Waals surface area contributed by atoms with Gasteiger partial charge in [0.05, 0.1) is 5.69 Å². The number of hydrogen-bond donors (Lipinski definition) is 1. The van der Waals surface area contributed by atoms with Crippen LogP contribution in [0.5, 0.6) is 0 Å². The quantitative estimate of drug-likeness (QED) is 0.378. The van der Waals surface area contributed by atoms with Gasteiger partial charge in [0, 0.05) is 11.1 Å². The molecule has 26 heavy (non-hydrogen) atoms. The van der Waals surface area contributed by atoms with Crippen molar-refractivity contribution in [2.75, 3.05) is 5.32 Å². The lowest BCUT2D eigenvalue weighted by Crippen LogP contribution is -2.24. The summed E-state index contributed by atoms with van der Waals surface area (Å²) in [5.41, 5.74) is 2.18. The highest BCUT2D eigenvalue weighted by Crippen LogP contribution is 2.42. The second-order valence-electron chi connectivity index (χ2n) is 5.64. The number of hydrogen-bond acceptors (Lipinski definition) is 2. The standard InChI is InChI=1S/C21H15Br2NO2/c22-21(23,16-11-5-2-6-12-16)19(25)17-13-7-8-14-18(17)24-20(26)15-9-3-1-4-10-15/h1-14H,(H,24,26). The van der Waals surface area contributed by atoms with Crippen LogP contribution in [0, 0.1) is 0 Å². The molecule has 0 aliphatic rings. The van der Waals surface area contributed by atoms with E-state index in [0.717, 1.165) is 5.56 Å². The average Bonchev–Trinajstić information content (AvgIpc) is 2.69. The fraction of sp³-hybridized carbons (Fsp3) is 0.0476. The zero-order valence-electron chi connectivity index (χ0n) is 13.7. The van der Waals surface area contributed by atoms with E-state index < -0.39 is 3.23 Å². The van der Waals surface area contributed by atoms with Gasteiger partial charge in [-0.3, -0.25) is 9.59 Å². The molecular weight excluding hydrogens is 458 g/mol. The third-order valence-corrected chi connectivity index (χ3v) is 5.51. The van der Waals surface area contributed by atoms with Crippen molar-refractivity contribution in [1.29, 1.82) is 0 Å². The molecule has 0 bridgehead atoms. The van der Waals surface area contributed by atoms with Crippen LogP contribution in [-0.4, -0.2) is 11.7 Å². The summed E-state index contributed by atoms with van der Waals surface area (Å²) in [6.45, 7) is 0. The van der Waals surface area contributed by atoms with Crippen LogP contribution in [0.4, 0.5) is 5.69 Å². The van der Waals surface area contributed by atoms with Crippen LogP contribution in [0.3, 0.4) is 0 Å². The molecule has 1 N–H and O–H groups in total. The first kappa shape index (κ1) is 18.5. The molecule has 3 rings (SSSR count). The fourth-order valence-corrected chi connectivity index (χ4v) is 3.48. The third kappa shape index (κ3) is 3.94. The number of ketones is 1. The van der Waals surface area contributed by atoms with E-state index in [9.17, 15) is 9.59 Å². The summed E-state index contributed by atoms with van der Waals surface area (Å²) in [7, 11) is 0. The van der Waals surface area contributed by atoms with E-state index in [2.05, 4.69) is 37.2 Å². The fourth-order valence-electron chi connectivity index (χ4n) is 2.52. The van der Waals surface area contributed by atoms with Gasteiger partial charge in [0.15, 0.2) is 9.02 Å². The molecule has 0 spiro atoms. The summed E-state index contributed by atoms with van der Waals surface area (Å²) in [4.78, 5) is 25.6. The zero-order chi connectivity index (χ0) is 18.6. The number of Topliss-reactive ketones (excluding diaryl/α,β-unsaturated/α-hetero) is 1. The monoisotopic (exact) mass is 471 g/mol. The molecule has 0 aliphatic heterocycles. The number of para-hydroxylation sites is 1. The lowest BCUT2D eigenvalue weighted by atomic mass is 10.0. The molecule has 0 saturated heterocycles. The van der Waals surface area contributed by atoms with Gasteiger partial charge in [-0.2, -0.15) is 0 Å². The topological polar surface area (TPSA) is 46.2 Å². The van der Waals surface area contributed by atoms with Gasteiger partial charge in [0.2, 0.25) is 0 Å². The number of carbonyl (C=O) groups is 2. The maximum absolute atomic E-state index is 13.2. The minimum absolute atomic E-state index is 0.201. The molecule has 0 aliphatic carbocycles. The van der Waals surface area contributed by atoms with E-state index >= 15 is 0 Å². The lowest BCUT2D eigenvalue weighted by molar-refractivity contribution is 0.0983. The number of alkyl halides is 2. The molecule has 3 aromatic rings. The van der Waals surface area contributed by atoms with Gasteiger partial charge < -0.3 is 5.32 Å². The van der Waals surface area contributed by atoms with Crippen LogP contribution >= 0.6 is 31.9 Å². The van der Waals surface area contributed by atoms with Crippen LogP contribution in [0.2, 0.25) is 0 Å². The largest absolute Gasteiger partial charge is 0.321 e. The molecule has 0 aromatic heterocycles. The Hall–Kier alpha value is -2.24. The van der Waals surface area contributed by atoms with E-state index in [4.69, 9.17) is 0 Å². The molecule has 5 heteroatoms. The summed E-state index contributed by atoms with van der Waals surface area (Å²) < 4.78 is -1.07. The van der Waals surface area contributed by atoms with E-state index in [1.54, 1.807) is 48.5 Å². The molecule has 0 unspecified atom stereocenters. The molecular formula is C21H15Br2NO2. The molecule has 1 amide bonds. The van der Waals surface area contributed by atoms with Gasteiger partial charge in [-0.05, 0) is 29.8 Å². The molecule has 0 heterocycles. The Bertz CT molecular complexity index is 925. The highest BCUT2D eigenvalue weighted by Gasteiger charge is 2.36. The summed E-state index contributed by atoms with van der Waals surface area (Å²) >= 11 is 6.98. The van der Waals surface area contributed by atoms with E-state index in [-0.39, 0.29) is 11.7 Å². The molecule has 3 nitrogen and oxygen atoms in total. The molecule has 0 fully saturated rings. The Morgan fingerprint density at radius 2 is 1.27 bits per heavy atom. The number of carbonyl (C=O) groups excluding carboxylic acids is 2. The van der Waals surface area contributed by atoms with Crippen molar-refractivity contribution in [3.63, 3.8) is 0 Å². The van der Waals surface area contributed by atoms with Crippen LogP contribution in [0.25, 0.3) is 0 Å². The number of anilines is 1. The minimum atomic E-state index is -1.07. The Balaban J connectivity index is 1.92. The molecule has 3 aromatic carbocycles. The Morgan fingerprint density at radius 1 is 0.731 bits per heavy atom. The SMILES string of the molecule is O=C(Nc1ccccc1C(=O)C(Br)(Br)c1ccccc1)c1ccccc1. The highest BCUT2D eigenvalue weighted by atomic mass is 79.9. The number of rotatable bonds is 5. The van der Waals surface area contributed by atoms with Crippen molar-refractivity contribution >= 4 is 49.2 Å². The van der Waals surface area contributed by atoms with Gasteiger partial charge in [0.25, 0.3) is 5.91 Å². The molecule has 0 radical (unpaired) electrons. The Kier molecular flexibility index (Phi) is 5.69. The van der Waals surface area contributed by atoms with Gasteiger partial charge >= 0.3 is 0 Å². The minimum Gasteiger partial charge on any atom is -0.321 e. The maximum atomic E-state index is 13.2. The zero-order valence-corrected chi connectivity index (χ0v) is 16.8. The van der Waals surface area contributed by atoms with E-state index in [0.29, 0.717) is 16.8 Å². The van der Waals surface area contributed by atoms with Crippen LogP contribution < -0.4 is 5.32 Å². The maximum Gasteiger partial charge on any atom is 0.255 e. The van der Waals surface area contributed by atoms with Gasteiger partial charge in [-0.25, -0.2) is 0 Å². The van der Waals surface area contributed by atoms with Crippen molar-refractivity contribution in [2.24, 2.45) is 0 Å². The first-order valence-electron chi connectivity index (χ1n) is 7.93. The first-order chi connectivity index (χ1) is 12.5. The smallest absolute Gasteiger partial charge is 0.255 e. The third-order valence-electron chi connectivity index (χ3n) is 3.88. The summed E-state index contributed by atoms with van der Waals surface area (Å²) in [6, 6.07) is 25.2. The lowest BCUT2D eigenvalue weighted by Gasteiger charge is -2.21. The number of halogens is 2. The molecule has 130 valence electrons. The number of amides is 1. The summed E-state index contributed by atoms with van der Waals surface area (Å²) in [5, 5.41) is 2.83. The number of nitrogens with one attached hydrogen (secondary N) is 1. The van der Waals surface area contributed by atoms with E-state index in [1.165, 1.54) is 0 Å². The summed E-state index contributed by atoms with van der Waals surface area (Å²) in [6.07, 6.45) is 0. The van der Waals surface area contributed by atoms with Crippen molar-refractivity contribution in [3.8, 4) is 0 Å². The predicted molar refractivity (Wildman–Crippen MR) is 111 cm³/mol. The highest BCUT2D eigenvalue weighted by molar-refractivity contribution is 9.25. The second kappa shape index (κ2) is 7.98. The Labute approximate surface area is 168 Å². The second-order valence-corrected chi connectivity index (χ2v) is 9.08. The summed E-state index contributed by atoms with van der Waals surface area (Å²) in [5.74, 6) is -0.465. The van der Waals surface area contributed by atoms with Crippen LogP contribution in [0.1, 0.15) is 26.3 Å². The van der Waals surface area contributed by atoms with Crippen LogP contribution in [-0.2, 0) is 3.23 Å². The molecule has 0 atom stereocenters. The van der Waals surface area contributed by atoms with Gasteiger partial charge in [0.1, 0.15) is 0 Å².